The fourth-order valence-corrected chi connectivity index (χ4v) is 3.67. The zero-order chi connectivity index (χ0) is 17.7. The topological polar surface area (TPSA) is 61.4 Å². The first-order chi connectivity index (χ1) is 11.2. The van der Waals surface area contributed by atoms with Gasteiger partial charge in [0.05, 0.1) is 6.54 Å². The van der Waals surface area contributed by atoms with Crippen LogP contribution >= 0.6 is 11.8 Å². The summed E-state index contributed by atoms with van der Waals surface area (Å²) in [6, 6.07) is 5.64. The molecule has 1 heterocycles. The van der Waals surface area contributed by atoms with Crippen LogP contribution in [0.2, 0.25) is 0 Å². The predicted octanol–water partition coefficient (Wildman–Crippen LogP) is 3.63. The lowest BCUT2D eigenvalue weighted by atomic mass is 10.2. The van der Waals surface area contributed by atoms with Gasteiger partial charge in [0.2, 0.25) is 5.91 Å². The molecule has 0 unspecified atom stereocenters. The Labute approximate surface area is 148 Å². The highest BCUT2D eigenvalue weighted by Gasteiger charge is 2.18. The molecule has 0 aromatic heterocycles. The number of anilines is 1. The number of hydrogen-bond donors (Lipinski definition) is 2. The van der Waals surface area contributed by atoms with E-state index in [1.54, 1.807) is 16.7 Å². The molecule has 1 aromatic carbocycles. The molecule has 0 saturated carbocycles. The maximum Gasteiger partial charge on any atom is 0.319 e. The number of rotatable bonds is 4. The van der Waals surface area contributed by atoms with Crippen LogP contribution in [-0.4, -0.2) is 41.2 Å². The average molecular weight is 350 g/mol. The van der Waals surface area contributed by atoms with Crippen molar-refractivity contribution in [2.24, 2.45) is 0 Å². The molecule has 24 heavy (non-hydrogen) atoms. The van der Waals surface area contributed by atoms with Gasteiger partial charge in [-0.2, -0.15) is 0 Å². The summed E-state index contributed by atoms with van der Waals surface area (Å²) in [6.45, 7) is 10.1. The minimum atomic E-state index is -0.345. The van der Waals surface area contributed by atoms with Gasteiger partial charge in [0.15, 0.2) is 0 Å². The summed E-state index contributed by atoms with van der Waals surface area (Å²) in [6.07, 6.45) is 2.10. The van der Waals surface area contributed by atoms with Gasteiger partial charge in [-0.05, 0) is 43.5 Å². The van der Waals surface area contributed by atoms with Crippen molar-refractivity contribution in [1.29, 1.82) is 0 Å². The first-order valence-electron chi connectivity index (χ1n) is 8.37. The number of hydrogen-bond acceptors (Lipinski definition) is 3. The predicted molar refractivity (Wildman–Crippen MR) is 99.6 cm³/mol. The molecule has 2 rings (SSSR count). The third kappa shape index (κ3) is 5.74. The lowest BCUT2D eigenvalue weighted by Gasteiger charge is -2.19. The van der Waals surface area contributed by atoms with E-state index in [4.69, 9.17) is 0 Å². The van der Waals surface area contributed by atoms with Crippen LogP contribution in [0.25, 0.3) is 0 Å². The third-order valence-electron chi connectivity index (χ3n) is 3.73. The van der Waals surface area contributed by atoms with Crippen molar-refractivity contribution in [3.63, 3.8) is 0 Å². The minimum Gasteiger partial charge on any atom is -0.341 e. The summed E-state index contributed by atoms with van der Waals surface area (Å²) < 4.78 is 0.148. The largest absolute Gasteiger partial charge is 0.341 e. The van der Waals surface area contributed by atoms with Gasteiger partial charge in [0, 0.05) is 28.4 Å². The van der Waals surface area contributed by atoms with Crippen LogP contribution in [0.1, 0.15) is 39.2 Å². The smallest absolute Gasteiger partial charge is 0.319 e. The third-order valence-corrected chi connectivity index (χ3v) is 4.83. The van der Waals surface area contributed by atoms with Crippen LogP contribution in [-0.2, 0) is 4.79 Å². The first kappa shape index (κ1) is 18.6. The molecule has 1 saturated heterocycles. The number of benzene rings is 1. The maximum absolute atomic E-state index is 12.0. The Morgan fingerprint density at radius 2 is 1.88 bits per heavy atom. The molecular weight excluding hydrogens is 322 g/mol. The molecule has 2 N–H and O–H groups in total. The Hall–Kier alpha value is -1.69. The molecule has 1 aliphatic rings. The zero-order valence-corrected chi connectivity index (χ0v) is 15.8. The quantitative estimate of drug-likeness (QED) is 0.816. The molecular formula is C18H27N3O2S. The van der Waals surface area contributed by atoms with E-state index in [1.165, 1.54) is 4.90 Å². The van der Waals surface area contributed by atoms with Gasteiger partial charge in [0.25, 0.3) is 0 Å². The molecule has 1 aliphatic heterocycles. The summed E-state index contributed by atoms with van der Waals surface area (Å²) in [5, 5.41) is 5.46. The van der Waals surface area contributed by atoms with Gasteiger partial charge in [-0.15, -0.1) is 11.8 Å². The number of thioether (sulfide) groups is 1. The fourth-order valence-electron chi connectivity index (χ4n) is 2.59. The Morgan fingerprint density at radius 3 is 2.46 bits per heavy atom. The lowest BCUT2D eigenvalue weighted by molar-refractivity contribution is -0.128. The van der Waals surface area contributed by atoms with E-state index in [2.05, 4.69) is 37.5 Å². The van der Waals surface area contributed by atoms with Crippen LogP contribution in [0.3, 0.4) is 0 Å². The molecule has 6 heteroatoms. The van der Waals surface area contributed by atoms with Gasteiger partial charge >= 0.3 is 6.03 Å². The number of likely N-dealkylation sites (tertiary alicyclic amines) is 1. The number of carbonyl (C=O) groups excluding carboxylic acids is 2. The second-order valence-corrected chi connectivity index (χ2v) is 8.99. The summed E-state index contributed by atoms with van der Waals surface area (Å²) >= 11 is 1.79. The molecule has 0 atom stereocenters. The standard InChI is InChI=1S/C18H27N3O2S/c1-13-11-14(24-18(2,3)4)7-8-15(13)20-17(23)19-12-16(22)21-9-5-6-10-21/h7-8,11H,5-6,9-10,12H2,1-4H3,(H2,19,20,23). The Kier molecular flexibility index (Phi) is 6.15. The van der Waals surface area contributed by atoms with E-state index in [0.29, 0.717) is 0 Å². The van der Waals surface area contributed by atoms with E-state index in [1.807, 2.05) is 19.1 Å². The van der Waals surface area contributed by atoms with E-state index in [9.17, 15) is 9.59 Å². The van der Waals surface area contributed by atoms with Crippen molar-refractivity contribution in [2.45, 2.75) is 50.2 Å². The molecule has 0 spiro atoms. The van der Waals surface area contributed by atoms with Crippen molar-refractivity contribution >= 4 is 29.4 Å². The van der Waals surface area contributed by atoms with Crippen LogP contribution in [0.4, 0.5) is 10.5 Å². The molecule has 3 amide bonds. The van der Waals surface area contributed by atoms with Crippen molar-refractivity contribution in [3.8, 4) is 0 Å². The highest BCUT2D eigenvalue weighted by atomic mass is 32.2. The summed E-state index contributed by atoms with van der Waals surface area (Å²) in [4.78, 5) is 26.9. The molecule has 0 radical (unpaired) electrons. The van der Waals surface area contributed by atoms with Gasteiger partial charge in [-0.1, -0.05) is 20.8 Å². The van der Waals surface area contributed by atoms with Crippen molar-refractivity contribution in [3.05, 3.63) is 23.8 Å². The molecule has 0 aliphatic carbocycles. The molecule has 1 fully saturated rings. The van der Waals surface area contributed by atoms with Gasteiger partial charge in [0.1, 0.15) is 0 Å². The van der Waals surface area contributed by atoms with Crippen molar-refractivity contribution < 1.29 is 9.59 Å². The highest BCUT2D eigenvalue weighted by Crippen LogP contribution is 2.33. The molecule has 1 aromatic rings. The summed E-state index contributed by atoms with van der Waals surface area (Å²) in [5.74, 6) is -0.0173. The van der Waals surface area contributed by atoms with Crippen LogP contribution in [0, 0.1) is 6.92 Å². The maximum atomic E-state index is 12.0. The monoisotopic (exact) mass is 349 g/mol. The Balaban J connectivity index is 1.86. The van der Waals surface area contributed by atoms with E-state index in [-0.39, 0.29) is 23.2 Å². The van der Waals surface area contributed by atoms with Crippen molar-refractivity contribution in [1.82, 2.24) is 10.2 Å². The minimum absolute atomic E-state index is 0.0173. The van der Waals surface area contributed by atoms with Gasteiger partial charge in [-0.3, -0.25) is 4.79 Å². The van der Waals surface area contributed by atoms with E-state index < -0.39 is 0 Å². The van der Waals surface area contributed by atoms with Crippen LogP contribution in [0.15, 0.2) is 23.1 Å². The summed E-state index contributed by atoms with van der Waals surface area (Å²) in [7, 11) is 0. The molecule has 5 nitrogen and oxygen atoms in total. The zero-order valence-electron chi connectivity index (χ0n) is 14.9. The Bertz CT molecular complexity index is 605. The van der Waals surface area contributed by atoms with Gasteiger partial charge in [-0.25, -0.2) is 4.79 Å². The second-order valence-electron chi connectivity index (χ2n) is 7.09. The van der Waals surface area contributed by atoms with E-state index in [0.717, 1.165) is 37.2 Å². The van der Waals surface area contributed by atoms with Gasteiger partial charge < -0.3 is 15.5 Å². The molecule has 0 bridgehead atoms. The fraction of sp³-hybridized carbons (Fsp3) is 0.556. The van der Waals surface area contributed by atoms with Crippen LogP contribution in [0.5, 0.6) is 0 Å². The van der Waals surface area contributed by atoms with Crippen molar-refractivity contribution in [2.75, 3.05) is 25.0 Å². The number of carbonyl (C=O) groups is 2. The number of nitrogens with one attached hydrogen (secondary N) is 2. The summed E-state index contributed by atoms with van der Waals surface area (Å²) in [5.41, 5.74) is 1.77. The second kappa shape index (κ2) is 7.92. The average Bonchev–Trinajstić information content (AvgIpc) is 3.00. The normalized spacial score (nSPS) is 14.6. The number of amides is 3. The highest BCUT2D eigenvalue weighted by molar-refractivity contribution is 8.00. The number of aryl methyl sites for hydroxylation is 1. The Morgan fingerprint density at radius 1 is 1.21 bits per heavy atom. The number of urea groups is 1. The van der Waals surface area contributed by atoms with E-state index >= 15 is 0 Å². The number of nitrogens with zero attached hydrogens (tertiary/aromatic N) is 1. The van der Waals surface area contributed by atoms with Crippen LogP contribution < -0.4 is 10.6 Å². The lowest BCUT2D eigenvalue weighted by Crippen LogP contribution is -2.40. The SMILES string of the molecule is Cc1cc(SC(C)(C)C)ccc1NC(=O)NCC(=O)N1CCCC1. The first-order valence-corrected chi connectivity index (χ1v) is 9.18. The molecule has 132 valence electrons.